The highest BCUT2D eigenvalue weighted by molar-refractivity contribution is 5.30. The van der Waals surface area contributed by atoms with E-state index in [0.29, 0.717) is 0 Å². The standard InChI is InChI=1S/C12H13F2N5O2/c1-6(2)20-11-16-10(19-15)17-12(18-11)21-9-4-7(13)3-8(14)5-9/h3-6H,15H2,1-2H3,(H,16,17,18,19). The van der Waals surface area contributed by atoms with Crippen LogP contribution in [-0.4, -0.2) is 21.1 Å². The summed E-state index contributed by atoms with van der Waals surface area (Å²) in [6, 6.07) is 2.47. The molecule has 0 saturated carbocycles. The first kappa shape index (κ1) is 14.9. The van der Waals surface area contributed by atoms with Crippen LogP contribution >= 0.6 is 0 Å². The van der Waals surface area contributed by atoms with Crippen molar-refractivity contribution in [1.29, 1.82) is 0 Å². The molecule has 0 saturated heterocycles. The van der Waals surface area contributed by atoms with E-state index < -0.39 is 11.6 Å². The van der Waals surface area contributed by atoms with Crippen molar-refractivity contribution in [3.63, 3.8) is 0 Å². The summed E-state index contributed by atoms with van der Waals surface area (Å²) in [6.07, 6.45) is -0.183. The lowest BCUT2D eigenvalue weighted by Gasteiger charge is -2.10. The van der Waals surface area contributed by atoms with E-state index in [-0.39, 0.29) is 29.8 Å². The lowest BCUT2D eigenvalue weighted by Crippen LogP contribution is -2.15. The van der Waals surface area contributed by atoms with Gasteiger partial charge in [-0.2, -0.15) is 9.97 Å². The number of nitrogen functional groups attached to an aromatic ring is 1. The summed E-state index contributed by atoms with van der Waals surface area (Å²) in [7, 11) is 0. The van der Waals surface area contributed by atoms with Crippen LogP contribution in [0.15, 0.2) is 18.2 Å². The maximum Gasteiger partial charge on any atom is 0.330 e. The molecule has 0 bridgehead atoms. The Balaban J connectivity index is 2.29. The topological polar surface area (TPSA) is 95.2 Å². The summed E-state index contributed by atoms with van der Waals surface area (Å²) in [5.74, 6) is 3.55. The number of hydrogen-bond acceptors (Lipinski definition) is 7. The zero-order chi connectivity index (χ0) is 15.4. The predicted octanol–water partition coefficient (Wildman–Crippen LogP) is 2.01. The van der Waals surface area contributed by atoms with E-state index in [4.69, 9.17) is 15.3 Å². The van der Waals surface area contributed by atoms with Crippen LogP contribution < -0.4 is 20.7 Å². The van der Waals surface area contributed by atoms with Gasteiger partial charge in [0.05, 0.1) is 6.10 Å². The van der Waals surface area contributed by atoms with E-state index in [1.165, 1.54) is 0 Å². The highest BCUT2D eigenvalue weighted by atomic mass is 19.1. The molecule has 112 valence electrons. The van der Waals surface area contributed by atoms with Gasteiger partial charge in [-0.3, -0.25) is 5.43 Å². The van der Waals surface area contributed by atoms with Gasteiger partial charge in [-0.25, -0.2) is 14.6 Å². The quantitative estimate of drug-likeness (QED) is 0.643. The Hall–Kier alpha value is -2.55. The fourth-order valence-corrected chi connectivity index (χ4v) is 1.40. The monoisotopic (exact) mass is 297 g/mol. The molecule has 0 spiro atoms. The van der Waals surface area contributed by atoms with Gasteiger partial charge in [-0.05, 0) is 13.8 Å². The number of ether oxygens (including phenoxy) is 2. The molecule has 0 radical (unpaired) electrons. The molecule has 2 rings (SSSR count). The van der Waals surface area contributed by atoms with Crippen LogP contribution in [0.3, 0.4) is 0 Å². The van der Waals surface area contributed by atoms with E-state index in [1.807, 2.05) is 0 Å². The molecule has 1 aromatic heterocycles. The van der Waals surface area contributed by atoms with Crippen LogP contribution in [0.25, 0.3) is 0 Å². The van der Waals surface area contributed by atoms with Gasteiger partial charge in [-0.15, -0.1) is 4.98 Å². The molecule has 7 nitrogen and oxygen atoms in total. The molecule has 0 fully saturated rings. The summed E-state index contributed by atoms with van der Waals surface area (Å²) >= 11 is 0. The van der Waals surface area contributed by atoms with Crippen molar-refractivity contribution in [3.8, 4) is 17.8 Å². The molecule has 0 atom stereocenters. The molecule has 2 aromatic rings. The zero-order valence-electron chi connectivity index (χ0n) is 11.3. The van der Waals surface area contributed by atoms with E-state index >= 15 is 0 Å². The second kappa shape index (κ2) is 6.27. The van der Waals surface area contributed by atoms with Crippen LogP contribution in [0.1, 0.15) is 13.8 Å². The average Bonchev–Trinajstić information content (AvgIpc) is 2.36. The number of nitrogens with one attached hydrogen (secondary N) is 1. The molecule has 21 heavy (non-hydrogen) atoms. The minimum atomic E-state index is -0.783. The highest BCUT2D eigenvalue weighted by Crippen LogP contribution is 2.22. The third kappa shape index (κ3) is 4.21. The normalized spacial score (nSPS) is 10.6. The number of hydrazine groups is 1. The second-order valence-corrected chi connectivity index (χ2v) is 4.24. The molecule has 1 aromatic carbocycles. The Labute approximate surface area is 119 Å². The largest absolute Gasteiger partial charge is 0.461 e. The van der Waals surface area contributed by atoms with Crippen molar-refractivity contribution < 1.29 is 18.3 Å². The van der Waals surface area contributed by atoms with Crippen molar-refractivity contribution in [1.82, 2.24) is 15.0 Å². The number of nitrogens with two attached hydrogens (primary N) is 1. The fraction of sp³-hybridized carbons (Fsp3) is 0.250. The average molecular weight is 297 g/mol. The molecule has 0 amide bonds. The Morgan fingerprint density at radius 1 is 1.05 bits per heavy atom. The number of anilines is 1. The first-order valence-electron chi connectivity index (χ1n) is 5.99. The summed E-state index contributed by atoms with van der Waals surface area (Å²) in [6.45, 7) is 3.56. The number of rotatable bonds is 5. The van der Waals surface area contributed by atoms with Gasteiger partial charge in [0.25, 0.3) is 0 Å². The minimum absolute atomic E-state index is 0.00692. The van der Waals surface area contributed by atoms with Gasteiger partial charge in [0.2, 0.25) is 5.95 Å². The molecular formula is C12H13F2N5O2. The lowest BCUT2D eigenvalue weighted by atomic mass is 10.3. The molecule has 9 heteroatoms. The van der Waals surface area contributed by atoms with E-state index in [2.05, 4.69) is 20.4 Å². The Kier molecular flexibility index (Phi) is 4.43. The summed E-state index contributed by atoms with van der Waals surface area (Å²) in [4.78, 5) is 11.5. The van der Waals surface area contributed by atoms with E-state index in [0.717, 1.165) is 18.2 Å². The van der Waals surface area contributed by atoms with Crippen LogP contribution in [0, 0.1) is 11.6 Å². The summed E-state index contributed by atoms with van der Waals surface area (Å²) in [5, 5.41) is 0. The Morgan fingerprint density at radius 3 is 2.24 bits per heavy atom. The third-order valence-electron chi connectivity index (χ3n) is 2.11. The summed E-state index contributed by atoms with van der Waals surface area (Å²) in [5.41, 5.74) is 2.22. The molecule has 0 unspecified atom stereocenters. The Morgan fingerprint density at radius 2 is 1.67 bits per heavy atom. The Bertz CT molecular complexity index is 619. The number of halogens is 2. The number of nitrogens with zero attached hydrogens (tertiary/aromatic N) is 3. The first-order chi connectivity index (χ1) is 9.96. The van der Waals surface area contributed by atoms with Gasteiger partial charge in [0.1, 0.15) is 17.4 Å². The van der Waals surface area contributed by atoms with Gasteiger partial charge >= 0.3 is 12.0 Å². The van der Waals surface area contributed by atoms with Crippen molar-refractivity contribution in [2.24, 2.45) is 5.84 Å². The second-order valence-electron chi connectivity index (χ2n) is 4.24. The zero-order valence-corrected chi connectivity index (χ0v) is 11.3. The molecular weight excluding hydrogens is 284 g/mol. The summed E-state index contributed by atoms with van der Waals surface area (Å²) < 4.78 is 36.7. The number of aromatic nitrogens is 3. The predicted molar refractivity (Wildman–Crippen MR) is 69.8 cm³/mol. The maximum absolute atomic E-state index is 13.1. The highest BCUT2D eigenvalue weighted by Gasteiger charge is 2.11. The van der Waals surface area contributed by atoms with Crippen LogP contribution in [-0.2, 0) is 0 Å². The SMILES string of the molecule is CC(C)Oc1nc(NN)nc(Oc2cc(F)cc(F)c2)n1. The molecule has 0 aliphatic rings. The fourth-order valence-electron chi connectivity index (χ4n) is 1.40. The molecule has 3 N–H and O–H groups in total. The van der Waals surface area contributed by atoms with Gasteiger partial charge in [0.15, 0.2) is 0 Å². The van der Waals surface area contributed by atoms with E-state index in [9.17, 15) is 8.78 Å². The van der Waals surface area contributed by atoms with Crippen LogP contribution in [0.4, 0.5) is 14.7 Å². The first-order valence-corrected chi connectivity index (χ1v) is 5.99. The molecule has 0 aliphatic carbocycles. The van der Waals surface area contributed by atoms with Gasteiger partial charge in [0, 0.05) is 18.2 Å². The van der Waals surface area contributed by atoms with Crippen molar-refractivity contribution in [2.75, 3.05) is 5.43 Å². The number of benzene rings is 1. The molecule has 0 aliphatic heterocycles. The molecule has 1 heterocycles. The van der Waals surface area contributed by atoms with Gasteiger partial charge in [-0.1, -0.05) is 0 Å². The number of hydrogen-bond donors (Lipinski definition) is 2. The third-order valence-corrected chi connectivity index (χ3v) is 2.11. The van der Waals surface area contributed by atoms with Crippen molar-refractivity contribution >= 4 is 5.95 Å². The van der Waals surface area contributed by atoms with E-state index in [1.54, 1.807) is 13.8 Å². The maximum atomic E-state index is 13.1. The lowest BCUT2D eigenvalue weighted by molar-refractivity contribution is 0.218. The van der Waals surface area contributed by atoms with Crippen LogP contribution in [0.2, 0.25) is 0 Å². The van der Waals surface area contributed by atoms with Crippen molar-refractivity contribution in [3.05, 3.63) is 29.8 Å². The van der Waals surface area contributed by atoms with Crippen LogP contribution in [0.5, 0.6) is 17.8 Å². The van der Waals surface area contributed by atoms with Crippen molar-refractivity contribution in [2.45, 2.75) is 20.0 Å². The smallest absolute Gasteiger partial charge is 0.330 e. The van der Waals surface area contributed by atoms with Gasteiger partial charge < -0.3 is 9.47 Å². The minimum Gasteiger partial charge on any atom is -0.461 e.